The molecule has 0 fully saturated rings. The van der Waals surface area contributed by atoms with Crippen LogP contribution in [0.2, 0.25) is 0 Å². The molecule has 0 bridgehead atoms. The van der Waals surface area contributed by atoms with Crippen LogP contribution in [-0.2, 0) is 20.2 Å². The molecule has 2 N–H and O–H groups in total. The molecule has 0 aliphatic heterocycles. The fraction of sp³-hybridized carbons (Fsp3) is 1.00. The van der Waals surface area contributed by atoms with Gasteiger partial charge < -0.3 is 0 Å². The van der Waals surface area contributed by atoms with E-state index in [1.807, 2.05) is 0 Å². The van der Waals surface area contributed by atoms with Gasteiger partial charge in [-0.05, 0) is 0 Å². The molecule has 24 heteroatoms. The number of halogens is 12. The molecule has 0 saturated heterocycles. The first kappa shape index (κ1) is 37.1. The van der Waals surface area contributed by atoms with Crippen LogP contribution < -0.4 is 0 Å². The van der Waals surface area contributed by atoms with Gasteiger partial charge in [0.2, 0.25) is 0 Å². The molecule has 152 valence electrons. The van der Waals surface area contributed by atoms with Gasteiger partial charge in [0, 0.05) is 0 Å². The predicted molar refractivity (Wildman–Crippen MR) is 64.9 cm³/mol. The quantitative estimate of drug-likeness (QED) is 0.297. The van der Waals surface area contributed by atoms with E-state index in [2.05, 4.69) is 0 Å². The first-order chi connectivity index (χ1) is 8.97. The molecule has 0 aliphatic carbocycles. The third-order valence-electron chi connectivity index (χ3n) is 0.601. The second kappa shape index (κ2) is 9.67. The molecule has 25 heavy (non-hydrogen) atoms. The Hall–Kier alpha value is 1.29. The van der Waals surface area contributed by atoms with E-state index in [9.17, 15) is 60.3 Å². The van der Waals surface area contributed by atoms with Gasteiger partial charge in [-0.15, -0.1) is 0 Å². The summed E-state index contributed by atoms with van der Waals surface area (Å²) in [4.78, 5) is 0. The zero-order valence-electron chi connectivity index (χ0n) is 9.27. The first-order valence-electron chi connectivity index (χ1n) is 3.51. The summed E-state index contributed by atoms with van der Waals surface area (Å²) >= 11 is -18.0. The minimum absolute atomic E-state index is 0. The van der Waals surface area contributed by atoms with E-state index < -0.39 is 54.4 Å². The van der Waals surface area contributed by atoms with Gasteiger partial charge in [-0.2, -0.15) is 25.6 Å². The van der Waals surface area contributed by atoms with Gasteiger partial charge in [-0.25, -0.2) is 0 Å². The Bertz CT molecular complexity index is 526. The maximum absolute atomic E-state index is 11.8. The standard InChI is InChI=1S/CH2F2O6S2.2AsF5.2Li.2H/c2-1(3,10(4,5)6)11(7,8)9;2*2-1(3,4,5)6;;;;/h(H,4,5,6)(H,7,8,9);;;;;;. The third kappa shape index (κ3) is 36.9. The summed E-state index contributed by atoms with van der Waals surface area (Å²) in [5.74, 6) is 0. The molecule has 0 saturated carbocycles. The zero-order chi connectivity index (χ0) is 20.4. The number of hydrogen-bond donors (Lipinski definition) is 2. The van der Waals surface area contributed by atoms with E-state index >= 15 is 0 Å². The monoisotopic (exact) mass is 568 g/mol. The van der Waals surface area contributed by atoms with Crippen molar-refractivity contribution in [3.05, 3.63) is 0 Å². The summed E-state index contributed by atoms with van der Waals surface area (Å²) in [5, 5.41) is 0. The van der Waals surface area contributed by atoms with Crippen LogP contribution in [0.3, 0.4) is 0 Å². The molecule has 0 aliphatic rings. The van der Waals surface area contributed by atoms with Gasteiger partial charge >= 0.3 is 127 Å². The second-order valence-corrected chi connectivity index (χ2v) is 11.2. The molecule has 6 nitrogen and oxygen atoms in total. The molecule has 0 aromatic rings. The minimum atomic E-state index is -8.99. The van der Waals surface area contributed by atoms with E-state index in [1.54, 1.807) is 0 Å². The summed E-state index contributed by atoms with van der Waals surface area (Å²) in [7, 11) is -12.3. The van der Waals surface area contributed by atoms with Gasteiger partial charge in [0.1, 0.15) is 0 Å². The van der Waals surface area contributed by atoms with E-state index in [-0.39, 0.29) is 37.7 Å². The van der Waals surface area contributed by atoms with Crippen LogP contribution in [0.15, 0.2) is 0 Å². The van der Waals surface area contributed by atoms with Crippen LogP contribution in [0, 0.1) is 0 Å². The fourth-order valence-corrected chi connectivity index (χ4v) is 1.20. The molecule has 0 spiro atoms. The van der Waals surface area contributed by atoms with Crippen molar-refractivity contribution in [1.82, 2.24) is 0 Å². The number of alkyl halides is 2. The van der Waals surface area contributed by atoms with E-state index in [0.717, 1.165) is 0 Å². The van der Waals surface area contributed by atoms with Crippen molar-refractivity contribution in [2.45, 2.75) is 4.59 Å². The van der Waals surface area contributed by atoms with Crippen molar-refractivity contribution < 1.29 is 69.4 Å². The maximum atomic E-state index is 11.8. The van der Waals surface area contributed by atoms with Gasteiger partial charge in [0.25, 0.3) is 0 Å². The summed E-state index contributed by atoms with van der Waals surface area (Å²) in [6.07, 6.45) is 0. The Balaban J connectivity index is -0.0000000827. The Kier molecular flexibility index (Phi) is 14.3. The SMILES string of the molecule is F[As](F)(F)(F)F.F[As](F)(F)(F)F.O=S(=O)(O)C(F)(F)S(=O)(=O)O.[LiH].[LiH]. The summed E-state index contributed by atoms with van der Waals surface area (Å²) in [5.41, 5.74) is 0. The van der Waals surface area contributed by atoms with Crippen molar-refractivity contribution in [3.63, 3.8) is 0 Å². The van der Waals surface area contributed by atoms with E-state index in [0.29, 0.717) is 0 Å². The van der Waals surface area contributed by atoms with Crippen LogP contribution in [-0.4, -0.2) is 97.9 Å². The molecular formula is CH4As2F12Li2O6S2. The van der Waals surface area contributed by atoms with Crippen molar-refractivity contribution in [3.8, 4) is 0 Å². The molecule has 0 aromatic heterocycles. The molecule has 0 rings (SSSR count). The Morgan fingerprint density at radius 1 is 0.560 bits per heavy atom. The van der Waals surface area contributed by atoms with Crippen molar-refractivity contribution in [2.75, 3.05) is 0 Å². The average molecular weight is 568 g/mol. The Morgan fingerprint density at radius 3 is 0.640 bits per heavy atom. The van der Waals surface area contributed by atoms with Crippen LogP contribution in [0.25, 0.3) is 0 Å². The third-order valence-corrected chi connectivity index (χ3v) is 3.07. The molecule has 0 heterocycles. The molecule has 0 atom stereocenters. The van der Waals surface area contributed by atoms with Crippen LogP contribution in [0.5, 0.6) is 0 Å². The van der Waals surface area contributed by atoms with Crippen LogP contribution >= 0.6 is 0 Å². The Morgan fingerprint density at radius 2 is 0.640 bits per heavy atom. The first-order valence-corrected chi connectivity index (χ1v) is 13.5. The molecule has 0 unspecified atom stereocenters. The number of hydrogen-bond acceptors (Lipinski definition) is 4. The number of rotatable bonds is 2. The van der Waals surface area contributed by atoms with E-state index in [4.69, 9.17) is 9.11 Å². The van der Waals surface area contributed by atoms with Gasteiger partial charge in [-0.1, -0.05) is 0 Å². The molecule has 0 amide bonds. The van der Waals surface area contributed by atoms with Gasteiger partial charge in [0.15, 0.2) is 0 Å². The average Bonchev–Trinajstić information content (AvgIpc) is 1.87. The van der Waals surface area contributed by atoms with Crippen LogP contribution in [0.1, 0.15) is 0 Å². The summed E-state index contributed by atoms with van der Waals surface area (Å²) < 4.78 is 170. The van der Waals surface area contributed by atoms with Gasteiger partial charge in [0.05, 0.1) is 0 Å². The fourth-order valence-electron chi connectivity index (χ4n) is 0.133. The predicted octanol–water partition coefficient (Wildman–Crippen LogP) is 1.46. The van der Waals surface area contributed by atoms with Gasteiger partial charge in [-0.3, -0.25) is 9.11 Å². The van der Waals surface area contributed by atoms with Crippen molar-refractivity contribution >= 4 is 87.6 Å². The van der Waals surface area contributed by atoms with Crippen molar-refractivity contribution in [2.24, 2.45) is 0 Å². The topological polar surface area (TPSA) is 109 Å². The molecule has 0 radical (unpaired) electrons. The van der Waals surface area contributed by atoms with Crippen LogP contribution in [0.4, 0.5) is 43.4 Å². The molecular weight excluding hydrogens is 564 g/mol. The van der Waals surface area contributed by atoms with E-state index in [1.165, 1.54) is 0 Å². The summed E-state index contributed by atoms with van der Waals surface area (Å²) in [6, 6.07) is 0. The Labute approximate surface area is 160 Å². The molecule has 0 aromatic carbocycles. The zero-order valence-corrected chi connectivity index (χ0v) is 14.7. The summed E-state index contributed by atoms with van der Waals surface area (Å²) in [6.45, 7) is 0. The second-order valence-electron chi connectivity index (χ2n) is 2.69. The normalized spacial score (nSPS) is 15.8. The van der Waals surface area contributed by atoms with Crippen molar-refractivity contribution in [1.29, 1.82) is 0 Å².